The molecule has 0 bridgehead atoms. The second-order valence-electron chi connectivity index (χ2n) is 4.93. The van der Waals surface area contributed by atoms with Gasteiger partial charge in [0.1, 0.15) is 5.82 Å². The molecule has 0 atom stereocenters. The summed E-state index contributed by atoms with van der Waals surface area (Å²) in [6, 6.07) is 15.6. The smallest absolute Gasteiger partial charge is 0.222 e. The zero-order valence-corrected chi connectivity index (χ0v) is 12.7. The van der Waals surface area contributed by atoms with E-state index in [-0.39, 0.29) is 5.95 Å². The number of rotatable bonds is 5. The summed E-state index contributed by atoms with van der Waals surface area (Å²) in [5.41, 5.74) is 8.54. The van der Waals surface area contributed by atoms with Gasteiger partial charge in [0, 0.05) is 30.4 Å². The van der Waals surface area contributed by atoms with Gasteiger partial charge in [-0.15, -0.1) is 0 Å². The number of nitrogens with two attached hydrogens (primary N) is 1. The maximum Gasteiger partial charge on any atom is 0.222 e. The number of nitrogens with one attached hydrogen (secondary N) is 1. The maximum atomic E-state index is 5.81. The standard InChI is InChI=1S/C17H17N5O/c1-23-16-8-7-13(11-20-16)14-9-15(22-17(18)21-14)19-10-12-5-3-2-4-6-12/h2-9,11H,10H2,1H3,(H3,18,19,21,22). The Morgan fingerprint density at radius 3 is 2.61 bits per heavy atom. The van der Waals surface area contributed by atoms with Gasteiger partial charge >= 0.3 is 0 Å². The summed E-state index contributed by atoms with van der Waals surface area (Å²) in [5, 5.41) is 3.26. The summed E-state index contributed by atoms with van der Waals surface area (Å²) in [5.74, 6) is 1.44. The molecular formula is C17H17N5O. The number of aromatic nitrogens is 3. The van der Waals surface area contributed by atoms with Gasteiger partial charge in [-0.05, 0) is 11.6 Å². The van der Waals surface area contributed by atoms with Gasteiger partial charge in [0.05, 0.1) is 12.8 Å². The largest absolute Gasteiger partial charge is 0.481 e. The zero-order valence-electron chi connectivity index (χ0n) is 12.7. The lowest BCUT2D eigenvalue weighted by atomic mass is 10.2. The summed E-state index contributed by atoms with van der Waals surface area (Å²) < 4.78 is 5.06. The van der Waals surface area contributed by atoms with Crippen LogP contribution >= 0.6 is 0 Å². The van der Waals surface area contributed by atoms with E-state index in [9.17, 15) is 0 Å². The molecule has 0 fully saturated rings. The van der Waals surface area contributed by atoms with Crippen LogP contribution in [0.25, 0.3) is 11.3 Å². The van der Waals surface area contributed by atoms with Gasteiger partial charge in [0.15, 0.2) is 0 Å². The quantitative estimate of drug-likeness (QED) is 0.754. The molecule has 0 saturated heterocycles. The molecule has 3 aromatic rings. The third-order valence-electron chi connectivity index (χ3n) is 3.30. The molecule has 23 heavy (non-hydrogen) atoms. The van der Waals surface area contributed by atoms with Crippen molar-refractivity contribution >= 4 is 11.8 Å². The predicted octanol–water partition coefficient (Wildman–Crippen LogP) is 2.74. The van der Waals surface area contributed by atoms with Crippen LogP contribution < -0.4 is 15.8 Å². The molecule has 2 aromatic heterocycles. The van der Waals surface area contributed by atoms with Crippen LogP contribution in [-0.2, 0) is 6.54 Å². The van der Waals surface area contributed by atoms with E-state index in [2.05, 4.69) is 20.3 Å². The van der Waals surface area contributed by atoms with Gasteiger partial charge in [-0.25, -0.2) is 9.97 Å². The number of anilines is 2. The first-order chi connectivity index (χ1) is 11.2. The molecular weight excluding hydrogens is 290 g/mol. The summed E-state index contributed by atoms with van der Waals surface area (Å²) in [6.45, 7) is 0.664. The highest BCUT2D eigenvalue weighted by molar-refractivity contribution is 5.63. The minimum absolute atomic E-state index is 0.217. The fraction of sp³-hybridized carbons (Fsp3) is 0.118. The molecule has 0 radical (unpaired) electrons. The molecule has 2 heterocycles. The molecule has 0 aliphatic rings. The Balaban J connectivity index is 1.80. The molecule has 0 aliphatic heterocycles. The fourth-order valence-electron chi connectivity index (χ4n) is 2.15. The SMILES string of the molecule is COc1ccc(-c2cc(NCc3ccccc3)nc(N)n2)cn1. The van der Waals surface area contributed by atoms with Crippen molar-refractivity contribution in [3.63, 3.8) is 0 Å². The number of ether oxygens (including phenoxy) is 1. The van der Waals surface area contributed by atoms with Crippen LogP contribution in [0.1, 0.15) is 5.56 Å². The minimum atomic E-state index is 0.217. The predicted molar refractivity (Wildman–Crippen MR) is 90.0 cm³/mol. The van der Waals surface area contributed by atoms with Gasteiger partial charge in [-0.1, -0.05) is 30.3 Å². The van der Waals surface area contributed by atoms with Gasteiger partial charge in [0.25, 0.3) is 0 Å². The maximum absolute atomic E-state index is 5.81. The lowest BCUT2D eigenvalue weighted by molar-refractivity contribution is 0.398. The molecule has 0 amide bonds. The third kappa shape index (κ3) is 3.74. The summed E-state index contributed by atoms with van der Waals surface area (Å²) in [7, 11) is 1.58. The second-order valence-corrected chi connectivity index (χ2v) is 4.93. The Morgan fingerprint density at radius 2 is 1.91 bits per heavy atom. The first-order valence-corrected chi connectivity index (χ1v) is 7.17. The summed E-state index contributed by atoms with van der Waals surface area (Å²) in [4.78, 5) is 12.7. The average molecular weight is 307 g/mol. The van der Waals surface area contributed by atoms with Crippen LogP contribution in [0.2, 0.25) is 0 Å². The van der Waals surface area contributed by atoms with Crippen molar-refractivity contribution in [3.8, 4) is 17.1 Å². The molecule has 0 aliphatic carbocycles. The van der Waals surface area contributed by atoms with Crippen molar-refractivity contribution in [3.05, 3.63) is 60.3 Å². The third-order valence-corrected chi connectivity index (χ3v) is 3.30. The van der Waals surface area contributed by atoms with E-state index in [1.54, 1.807) is 19.4 Å². The molecule has 3 N–H and O–H groups in total. The number of benzene rings is 1. The molecule has 3 rings (SSSR count). The summed E-state index contributed by atoms with van der Waals surface area (Å²) in [6.07, 6.45) is 1.70. The van der Waals surface area contributed by atoms with Crippen molar-refractivity contribution < 1.29 is 4.74 Å². The molecule has 1 aromatic carbocycles. The molecule has 6 heteroatoms. The van der Waals surface area contributed by atoms with Crippen LogP contribution in [0.15, 0.2) is 54.7 Å². The molecule has 0 unspecified atom stereocenters. The van der Waals surface area contributed by atoms with Gasteiger partial charge in [-0.3, -0.25) is 0 Å². The molecule has 0 spiro atoms. The van der Waals surface area contributed by atoms with Gasteiger partial charge in [0.2, 0.25) is 11.8 Å². The highest BCUT2D eigenvalue weighted by Crippen LogP contribution is 2.21. The van der Waals surface area contributed by atoms with E-state index in [1.165, 1.54) is 0 Å². The van der Waals surface area contributed by atoms with Gasteiger partial charge in [-0.2, -0.15) is 4.98 Å². The van der Waals surface area contributed by atoms with Gasteiger partial charge < -0.3 is 15.8 Å². The topological polar surface area (TPSA) is 86.0 Å². The van der Waals surface area contributed by atoms with E-state index < -0.39 is 0 Å². The number of hydrogen-bond acceptors (Lipinski definition) is 6. The lowest BCUT2D eigenvalue weighted by Gasteiger charge is -2.09. The number of pyridine rings is 1. The highest BCUT2D eigenvalue weighted by atomic mass is 16.5. The van der Waals surface area contributed by atoms with E-state index >= 15 is 0 Å². The Hall–Kier alpha value is -3.15. The van der Waals surface area contributed by atoms with E-state index in [4.69, 9.17) is 10.5 Å². The van der Waals surface area contributed by atoms with Crippen LogP contribution in [0.3, 0.4) is 0 Å². The Bertz CT molecular complexity index is 775. The van der Waals surface area contributed by atoms with Crippen molar-refractivity contribution in [1.82, 2.24) is 15.0 Å². The van der Waals surface area contributed by atoms with E-state index in [0.29, 0.717) is 23.9 Å². The summed E-state index contributed by atoms with van der Waals surface area (Å²) >= 11 is 0. The molecule has 0 saturated carbocycles. The van der Waals surface area contributed by atoms with Crippen LogP contribution in [-0.4, -0.2) is 22.1 Å². The zero-order chi connectivity index (χ0) is 16.1. The minimum Gasteiger partial charge on any atom is -0.481 e. The second kappa shape index (κ2) is 6.74. The number of hydrogen-bond donors (Lipinski definition) is 2. The van der Waals surface area contributed by atoms with Crippen LogP contribution in [0, 0.1) is 0 Å². The number of methoxy groups -OCH3 is 1. The van der Waals surface area contributed by atoms with E-state index in [0.717, 1.165) is 11.1 Å². The Morgan fingerprint density at radius 1 is 1.09 bits per heavy atom. The van der Waals surface area contributed by atoms with Crippen LogP contribution in [0.5, 0.6) is 5.88 Å². The van der Waals surface area contributed by atoms with Crippen LogP contribution in [0.4, 0.5) is 11.8 Å². The normalized spacial score (nSPS) is 10.3. The van der Waals surface area contributed by atoms with Crippen molar-refractivity contribution in [2.75, 3.05) is 18.2 Å². The van der Waals surface area contributed by atoms with Crippen molar-refractivity contribution in [2.45, 2.75) is 6.54 Å². The van der Waals surface area contributed by atoms with E-state index in [1.807, 2.05) is 42.5 Å². The molecule has 116 valence electrons. The number of nitrogen functional groups attached to an aromatic ring is 1. The first kappa shape index (κ1) is 14.8. The monoisotopic (exact) mass is 307 g/mol. The fourth-order valence-corrected chi connectivity index (χ4v) is 2.15. The van der Waals surface area contributed by atoms with Crippen molar-refractivity contribution in [1.29, 1.82) is 0 Å². The Kier molecular flexibility index (Phi) is 4.33. The number of nitrogens with zero attached hydrogens (tertiary/aromatic N) is 3. The van der Waals surface area contributed by atoms with Crippen molar-refractivity contribution in [2.24, 2.45) is 0 Å². The molecule has 6 nitrogen and oxygen atoms in total. The average Bonchev–Trinajstić information content (AvgIpc) is 2.60. The Labute approximate surface area is 134 Å². The highest BCUT2D eigenvalue weighted by Gasteiger charge is 2.06. The first-order valence-electron chi connectivity index (χ1n) is 7.17. The lowest BCUT2D eigenvalue weighted by Crippen LogP contribution is -2.05.